The maximum Gasteiger partial charge on any atom is 0.191 e. The lowest BCUT2D eigenvalue weighted by Gasteiger charge is -2.15. The zero-order valence-corrected chi connectivity index (χ0v) is 15.1. The van der Waals surface area contributed by atoms with E-state index in [-0.39, 0.29) is 5.41 Å². The quantitative estimate of drug-likeness (QED) is 0.864. The Bertz CT molecular complexity index is 811. The van der Waals surface area contributed by atoms with Gasteiger partial charge in [0.25, 0.3) is 0 Å². The van der Waals surface area contributed by atoms with Crippen LogP contribution in [0.5, 0.6) is 0 Å². The molecule has 2 aromatic heterocycles. The van der Waals surface area contributed by atoms with Crippen LogP contribution in [0, 0.1) is 18.3 Å². The molecular formula is C16H24N8. The van der Waals surface area contributed by atoms with Crippen LogP contribution in [0.3, 0.4) is 0 Å². The zero-order valence-electron chi connectivity index (χ0n) is 15.1. The molecule has 0 saturated carbocycles. The zero-order chi connectivity index (χ0) is 18.1. The van der Waals surface area contributed by atoms with Crippen molar-refractivity contribution < 1.29 is 0 Å². The third kappa shape index (κ3) is 3.02. The first-order valence-corrected chi connectivity index (χ1v) is 8.00. The average molecular weight is 328 g/mol. The van der Waals surface area contributed by atoms with Gasteiger partial charge < -0.3 is 5.73 Å². The number of nitriles is 1. The molecule has 0 spiro atoms. The smallest absolute Gasteiger partial charge is 0.191 e. The molecule has 0 aliphatic rings. The summed E-state index contributed by atoms with van der Waals surface area (Å²) in [5.74, 6) is 0.921. The molecule has 2 heterocycles. The topological polar surface area (TPSA) is 110 Å². The van der Waals surface area contributed by atoms with E-state index in [1.54, 1.807) is 16.3 Å². The first-order valence-electron chi connectivity index (χ1n) is 8.00. The van der Waals surface area contributed by atoms with Crippen LogP contribution in [0.2, 0.25) is 0 Å². The molecule has 128 valence electrons. The van der Waals surface area contributed by atoms with Gasteiger partial charge in [0.15, 0.2) is 11.5 Å². The maximum absolute atomic E-state index is 9.34. The van der Waals surface area contributed by atoms with Crippen molar-refractivity contribution in [1.29, 1.82) is 5.26 Å². The van der Waals surface area contributed by atoms with E-state index in [2.05, 4.69) is 47.3 Å². The van der Waals surface area contributed by atoms with Crippen molar-refractivity contribution in [3.8, 4) is 6.07 Å². The van der Waals surface area contributed by atoms with E-state index in [9.17, 15) is 5.26 Å². The fourth-order valence-electron chi connectivity index (χ4n) is 2.43. The van der Waals surface area contributed by atoms with Gasteiger partial charge in [0.2, 0.25) is 0 Å². The molecule has 24 heavy (non-hydrogen) atoms. The minimum atomic E-state index is -0.220. The van der Waals surface area contributed by atoms with Crippen LogP contribution in [-0.2, 0) is 18.5 Å². The van der Waals surface area contributed by atoms with Crippen molar-refractivity contribution in [2.75, 3.05) is 5.73 Å². The fourth-order valence-corrected chi connectivity index (χ4v) is 2.43. The molecule has 8 heteroatoms. The van der Waals surface area contributed by atoms with Crippen LogP contribution < -0.4 is 5.73 Å². The van der Waals surface area contributed by atoms with Gasteiger partial charge in [-0.05, 0) is 20.8 Å². The third-order valence-electron chi connectivity index (χ3n) is 3.73. The molecule has 0 aromatic carbocycles. The van der Waals surface area contributed by atoms with Crippen LogP contribution in [-0.4, -0.2) is 19.6 Å². The van der Waals surface area contributed by atoms with Gasteiger partial charge in [0.1, 0.15) is 17.5 Å². The van der Waals surface area contributed by atoms with Crippen molar-refractivity contribution in [2.45, 2.75) is 60.0 Å². The molecule has 0 radical (unpaired) electrons. The Hall–Kier alpha value is -2.69. The SMILES string of the molecule is CCn1nc(C(C)(C)C)c(N=Nc2c(C#N)c(C)nn2CC)c1N. The number of aromatic nitrogens is 4. The second-order valence-electron chi connectivity index (χ2n) is 6.56. The highest BCUT2D eigenvalue weighted by molar-refractivity contribution is 5.63. The van der Waals surface area contributed by atoms with Crippen molar-refractivity contribution in [3.05, 3.63) is 17.0 Å². The average Bonchev–Trinajstić information content (AvgIpc) is 3.01. The Balaban J connectivity index is 2.59. The van der Waals surface area contributed by atoms with Crippen LogP contribution in [0.1, 0.15) is 51.6 Å². The molecule has 0 unspecified atom stereocenters. The van der Waals surface area contributed by atoms with Gasteiger partial charge in [-0.2, -0.15) is 15.5 Å². The highest BCUT2D eigenvalue weighted by Gasteiger charge is 2.26. The van der Waals surface area contributed by atoms with Gasteiger partial charge in [0, 0.05) is 18.5 Å². The summed E-state index contributed by atoms with van der Waals surface area (Å²) in [5, 5.41) is 26.8. The normalized spacial score (nSPS) is 12.0. The first kappa shape index (κ1) is 17.7. The Labute approximate surface area is 142 Å². The van der Waals surface area contributed by atoms with E-state index in [1.807, 2.05) is 13.8 Å². The van der Waals surface area contributed by atoms with Crippen LogP contribution in [0.15, 0.2) is 10.2 Å². The summed E-state index contributed by atoms with van der Waals surface area (Å²) in [6, 6.07) is 2.14. The highest BCUT2D eigenvalue weighted by Crippen LogP contribution is 2.36. The highest BCUT2D eigenvalue weighted by atomic mass is 15.4. The standard InChI is InChI=1S/C16H24N8/c1-7-23-14(18)12(13(22-23)16(4,5)6)19-20-15-11(9-17)10(3)21-24(15)8-2/h7-8,18H2,1-6H3. The van der Waals surface area contributed by atoms with E-state index in [4.69, 9.17) is 5.73 Å². The van der Waals surface area contributed by atoms with Crippen molar-refractivity contribution >= 4 is 17.3 Å². The van der Waals surface area contributed by atoms with Crippen molar-refractivity contribution in [3.63, 3.8) is 0 Å². The summed E-state index contributed by atoms with van der Waals surface area (Å²) >= 11 is 0. The summed E-state index contributed by atoms with van der Waals surface area (Å²) in [7, 11) is 0. The molecule has 0 aliphatic heterocycles. The number of rotatable bonds is 4. The lowest BCUT2D eigenvalue weighted by Crippen LogP contribution is -2.13. The number of hydrogen-bond donors (Lipinski definition) is 1. The van der Waals surface area contributed by atoms with Crippen LogP contribution in [0.25, 0.3) is 0 Å². The lowest BCUT2D eigenvalue weighted by molar-refractivity contribution is 0.542. The molecule has 2 rings (SSSR count). The summed E-state index contributed by atoms with van der Waals surface area (Å²) in [6.45, 7) is 13.1. The summed E-state index contributed by atoms with van der Waals surface area (Å²) in [6.07, 6.45) is 0. The van der Waals surface area contributed by atoms with E-state index >= 15 is 0 Å². The Kier molecular flexibility index (Phi) is 4.73. The molecule has 2 N–H and O–H groups in total. The summed E-state index contributed by atoms with van der Waals surface area (Å²) in [4.78, 5) is 0. The predicted octanol–water partition coefficient (Wildman–Crippen LogP) is 3.59. The molecule has 0 aliphatic carbocycles. The minimum absolute atomic E-state index is 0.220. The lowest BCUT2D eigenvalue weighted by atomic mass is 9.91. The summed E-state index contributed by atoms with van der Waals surface area (Å²) < 4.78 is 3.37. The minimum Gasteiger partial charge on any atom is -0.382 e. The Morgan fingerprint density at radius 3 is 2.25 bits per heavy atom. The second kappa shape index (κ2) is 6.43. The van der Waals surface area contributed by atoms with Crippen LogP contribution >= 0.6 is 0 Å². The Morgan fingerprint density at radius 2 is 1.75 bits per heavy atom. The second-order valence-corrected chi connectivity index (χ2v) is 6.56. The first-order chi connectivity index (χ1) is 11.2. The van der Waals surface area contributed by atoms with Gasteiger partial charge in [-0.15, -0.1) is 10.2 Å². The van der Waals surface area contributed by atoms with E-state index < -0.39 is 0 Å². The maximum atomic E-state index is 9.34. The van der Waals surface area contributed by atoms with Gasteiger partial charge >= 0.3 is 0 Å². The van der Waals surface area contributed by atoms with E-state index in [1.165, 1.54) is 0 Å². The molecule has 0 saturated heterocycles. The monoisotopic (exact) mass is 328 g/mol. The molecular weight excluding hydrogens is 304 g/mol. The number of aryl methyl sites for hydroxylation is 3. The summed E-state index contributed by atoms with van der Waals surface area (Å²) in [5.41, 5.74) is 8.36. The van der Waals surface area contributed by atoms with Gasteiger partial charge in [-0.25, -0.2) is 9.36 Å². The molecule has 8 nitrogen and oxygen atoms in total. The van der Waals surface area contributed by atoms with Crippen LogP contribution in [0.4, 0.5) is 17.3 Å². The largest absolute Gasteiger partial charge is 0.382 e. The molecule has 0 amide bonds. The van der Waals surface area contributed by atoms with E-state index in [0.717, 1.165) is 5.69 Å². The number of nitrogens with two attached hydrogens (primary N) is 1. The fraction of sp³-hybridized carbons (Fsp3) is 0.562. The van der Waals surface area contributed by atoms with Gasteiger partial charge in [-0.1, -0.05) is 20.8 Å². The number of hydrogen-bond acceptors (Lipinski definition) is 6. The molecule has 0 fully saturated rings. The predicted molar refractivity (Wildman–Crippen MR) is 92.5 cm³/mol. The number of azo groups is 1. The molecule has 0 atom stereocenters. The Morgan fingerprint density at radius 1 is 1.12 bits per heavy atom. The number of anilines is 1. The number of nitrogens with zero attached hydrogens (tertiary/aromatic N) is 7. The van der Waals surface area contributed by atoms with Crippen molar-refractivity contribution in [1.82, 2.24) is 19.6 Å². The van der Waals surface area contributed by atoms with Gasteiger partial charge in [0.05, 0.1) is 11.4 Å². The number of nitrogen functional groups attached to an aromatic ring is 1. The van der Waals surface area contributed by atoms with Crippen molar-refractivity contribution in [2.24, 2.45) is 10.2 Å². The molecule has 0 bridgehead atoms. The third-order valence-corrected chi connectivity index (χ3v) is 3.73. The molecule has 2 aromatic rings. The van der Waals surface area contributed by atoms with E-state index in [0.29, 0.717) is 41.7 Å². The van der Waals surface area contributed by atoms with Gasteiger partial charge in [-0.3, -0.25) is 0 Å².